The van der Waals surface area contributed by atoms with Crippen molar-refractivity contribution in [2.45, 2.75) is 6.04 Å². The lowest BCUT2D eigenvalue weighted by Gasteiger charge is -2.36. The Hall–Kier alpha value is -2.63. The van der Waals surface area contributed by atoms with E-state index in [1.165, 1.54) is 10.9 Å². The number of nitrogens with zero attached hydrogens (tertiary/aromatic N) is 2. The maximum atomic E-state index is 5.74. The first-order chi connectivity index (χ1) is 13.3. The highest BCUT2D eigenvalue weighted by Gasteiger charge is 2.29. The number of benzene rings is 2. The van der Waals surface area contributed by atoms with Gasteiger partial charge in [-0.1, -0.05) is 18.2 Å². The highest BCUT2D eigenvalue weighted by molar-refractivity contribution is 5.82. The second-order valence-corrected chi connectivity index (χ2v) is 6.75. The van der Waals surface area contributed by atoms with Gasteiger partial charge in [0.1, 0.15) is 11.5 Å². The third kappa shape index (κ3) is 3.48. The Balaban J connectivity index is 1.89. The number of pyridine rings is 1. The maximum Gasteiger partial charge on any atom is 0.127 e. The minimum Gasteiger partial charge on any atom is -0.496 e. The lowest BCUT2D eigenvalue weighted by molar-refractivity contribution is 0.192. The van der Waals surface area contributed by atoms with E-state index in [1.807, 2.05) is 30.6 Å². The van der Waals surface area contributed by atoms with Crippen molar-refractivity contribution < 1.29 is 9.47 Å². The molecule has 0 aliphatic carbocycles. The molecule has 5 nitrogen and oxygen atoms in total. The highest BCUT2D eigenvalue weighted by atomic mass is 16.5. The molecule has 1 N–H and O–H groups in total. The van der Waals surface area contributed by atoms with E-state index in [1.54, 1.807) is 14.2 Å². The van der Waals surface area contributed by atoms with Crippen LogP contribution in [0.2, 0.25) is 0 Å². The Morgan fingerprint density at radius 1 is 0.963 bits per heavy atom. The van der Waals surface area contributed by atoms with Gasteiger partial charge < -0.3 is 14.8 Å². The van der Waals surface area contributed by atoms with E-state index in [0.29, 0.717) is 0 Å². The van der Waals surface area contributed by atoms with Gasteiger partial charge in [0, 0.05) is 44.0 Å². The first kappa shape index (κ1) is 17.8. The number of hydrogen-bond acceptors (Lipinski definition) is 5. The zero-order chi connectivity index (χ0) is 18.6. The fraction of sp³-hybridized carbons (Fsp3) is 0.318. The van der Waals surface area contributed by atoms with Gasteiger partial charge in [-0.15, -0.1) is 0 Å². The van der Waals surface area contributed by atoms with Crippen LogP contribution in [0.4, 0.5) is 0 Å². The molecule has 27 heavy (non-hydrogen) atoms. The number of ether oxygens (including phenoxy) is 2. The summed E-state index contributed by atoms with van der Waals surface area (Å²) in [6.07, 6.45) is 3.75. The summed E-state index contributed by atoms with van der Waals surface area (Å²) in [6.45, 7) is 3.90. The molecule has 0 bridgehead atoms. The van der Waals surface area contributed by atoms with E-state index < -0.39 is 0 Å². The Morgan fingerprint density at radius 3 is 2.41 bits per heavy atom. The van der Waals surface area contributed by atoms with E-state index in [4.69, 9.17) is 9.47 Å². The molecule has 1 atom stereocenters. The van der Waals surface area contributed by atoms with E-state index in [0.717, 1.165) is 48.6 Å². The Morgan fingerprint density at radius 2 is 1.70 bits per heavy atom. The van der Waals surface area contributed by atoms with Crippen LogP contribution in [0.25, 0.3) is 10.8 Å². The molecule has 1 aromatic heterocycles. The molecule has 2 heterocycles. The van der Waals surface area contributed by atoms with Crippen LogP contribution in [0.3, 0.4) is 0 Å². The van der Waals surface area contributed by atoms with Crippen LogP contribution in [0.5, 0.6) is 11.5 Å². The van der Waals surface area contributed by atoms with Gasteiger partial charge in [0.15, 0.2) is 0 Å². The summed E-state index contributed by atoms with van der Waals surface area (Å²) in [5.41, 5.74) is 2.32. The SMILES string of the molecule is COc1cccc(OC)c1C(c1ccc2cnccc2c1)N1CCNCC1. The smallest absolute Gasteiger partial charge is 0.127 e. The van der Waals surface area contributed by atoms with Crippen LogP contribution in [0, 0.1) is 0 Å². The van der Waals surface area contributed by atoms with Gasteiger partial charge in [-0.3, -0.25) is 9.88 Å². The number of hydrogen-bond donors (Lipinski definition) is 1. The molecule has 1 saturated heterocycles. The number of methoxy groups -OCH3 is 2. The molecule has 0 spiro atoms. The number of piperazine rings is 1. The minimum absolute atomic E-state index is 0.0655. The van der Waals surface area contributed by atoms with Crippen molar-refractivity contribution >= 4 is 10.8 Å². The molecule has 1 fully saturated rings. The monoisotopic (exact) mass is 363 g/mol. The van der Waals surface area contributed by atoms with Gasteiger partial charge in [0.25, 0.3) is 0 Å². The van der Waals surface area contributed by atoms with E-state index in [-0.39, 0.29) is 6.04 Å². The predicted molar refractivity (Wildman–Crippen MR) is 108 cm³/mol. The molecule has 3 aromatic rings. The zero-order valence-electron chi connectivity index (χ0n) is 15.8. The van der Waals surface area contributed by atoms with E-state index in [9.17, 15) is 0 Å². The number of nitrogens with one attached hydrogen (secondary N) is 1. The van der Waals surface area contributed by atoms with Gasteiger partial charge in [-0.25, -0.2) is 0 Å². The normalized spacial score (nSPS) is 16.2. The van der Waals surface area contributed by atoms with Crippen molar-refractivity contribution in [1.82, 2.24) is 15.2 Å². The van der Waals surface area contributed by atoms with Crippen molar-refractivity contribution in [3.05, 3.63) is 66.0 Å². The van der Waals surface area contributed by atoms with Gasteiger partial charge in [0.05, 0.1) is 25.8 Å². The molecule has 4 rings (SSSR count). The van der Waals surface area contributed by atoms with Crippen LogP contribution in [-0.4, -0.2) is 50.3 Å². The maximum absolute atomic E-state index is 5.74. The third-order valence-electron chi connectivity index (χ3n) is 5.24. The van der Waals surface area contributed by atoms with Gasteiger partial charge in [-0.2, -0.15) is 0 Å². The van der Waals surface area contributed by atoms with Crippen molar-refractivity contribution in [1.29, 1.82) is 0 Å². The fourth-order valence-electron chi connectivity index (χ4n) is 3.92. The molecule has 0 radical (unpaired) electrons. The molecular formula is C22H25N3O2. The predicted octanol–water partition coefficient (Wildman–Crippen LogP) is 3.25. The van der Waals surface area contributed by atoms with E-state index in [2.05, 4.69) is 39.5 Å². The number of fused-ring (bicyclic) bond motifs is 1. The lowest BCUT2D eigenvalue weighted by Crippen LogP contribution is -2.45. The molecule has 0 saturated carbocycles. The number of aromatic nitrogens is 1. The number of rotatable bonds is 5. The molecule has 5 heteroatoms. The molecular weight excluding hydrogens is 338 g/mol. The molecule has 1 aliphatic rings. The van der Waals surface area contributed by atoms with Crippen LogP contribution >= 0.6 is 0 Å². The largest absolute Gasteiger partial charge is 0.496 e. The minimum atomic E-state index is 0.0655. The van der Waals surface area contributed by atoms with E-state index >= 15 is 0 Å². The molecule has 1 unspecified atom stereocenters. The van der Waals surface area contributed by atoms with Crippen LogP contribution in [0.15, 0.2) is 54.9 Å². The topological polar surface area (TPSA) is 46.6 Å². The average molecular weight is 363 g/mol. The van der Waals surface area contributed by atoms with Crippen molar-refractivity contribution in [2.75, 3.05) is 40.4 Å². The summed E-state index contributed by atoms with van der Waals surface area (Å²) in [5.74, 6) is 1.71. The zero-order valence-corrected chi connectivity index (χ0v) is 15.8. The molecule has 140 valence electrons. The lowest BCUT2D eigenvalue weighted by atomic mass is 9.93. The van der Waals surface area contributed by atoms with Crippen molar-refractivity contribution in [2.24, 2.45) is 0 Å². The average Bonchev–Trinajstić information content (AvgIpc) is 2.74. The van der Waals surface area contributed by atoms with Crippen LogP contribution in [-0.2, 0) is 0 Å². The summed E-state index contributed by atoms with van der Waals surface area (Å²) in [7, 11) is 3.44. The summed E-state index contributed by atoms with van der Waals surface area (Å²) in [5, 5.41) is 5.78. The quantitative estimate of drug-likeness (QED) is 0.754. The van der Waals surface area contributed by atoms with Crippen LogP contribution < -0.4 is 14.8 Å². The summed E-state index contributed by atoms with van der Waals surface area (Å²) in [4.78, 5) is 6.73. The highest BCUT2D eigenvalue weighted by Crippen LogP contribution is 2.41. The van der Waals surface area contributed by atoms with Crippen molar-refractivity contribution in [3.8, 4) is 11.5 Å². The second-order valence-electron chi connectivity index (χ2n) is 6.75. The summed E-state index contributed by atoms with van der Waals surface area (Å²) >= 11 is 0. The van der Waals surface area contributed by atoms with Gasteiger partial charge in [-0.05, 0) is 35.2 Å². The second kappa shape index (κ2) is 7.94. The molecule has 0 amide bonds. The Kier molecular flexibility index (Phi) is 5.23. The molecule has 2 aromatic carbocycles. The first-order valence-corrected chi connectivity index (χ1v) is 9.31. The van der Waals surface area contributed by atoms with Crippen LogP contribution in [0.1, 0.15) is 17.2 Å². The standard InChI is InChI=1S/C22H25N3O2/c1-26-19-4-3-5-20(27-2)21(19)22(25-12-10-23-11-13-25)17-6-7-18-15-24-9-8-16(18)14-17/h3-9,14-15,22-23H,10-13H2,1-2H3. The summed E-state index contributed by atoms with van der Waals surface area (Å²) in [6, 6.07) is 14.7. The molecule has 1 aliphatic heterocycles. The van der Waals surface area contributed by atoms with Gasteiger partial charge in [0.2, 0.25) is 0 Å². The van der Waals surface area contributed by atoms with Crippen molar-refractivity contribution in [3.63, 3.8) is 0 Å². The fourth-order valence-corrected chi connectivity index (χ4v) is 3.92. The Bertz CT molecular complexity index is 900. The third-order valence-corrected chi connectivity index (χ3v) is 5.24. The summed E-state index contributed by atoms with van der Waals surface area (Å²) < 4.78 is 11.5. The Labute approximate surface area is 159 Å². The van der Waals surface area contributed by atoms with Gasteiger partial charge >= 0.3 is 0 Å². The first-order valence-electron chi connectivity index (χ1n) is 9.31.